The van der Waals surface area contributed by atoms with Crippen LogP contribution >= 0.6 is 11.6 Å². The van der Waals surface area contributed by atoms with Gasteiger partial charge in [0.2, 0.25) is 5.88 Å². The summed E-state index contributed by atoms with van der Waals surface area (Å²) in [5, 5.41) is 6.51. The van der Waals surface area contributed by atoms with E-state index in [0.717, 1.165) is 16.3 Å². The minimum absolute atomic E-state index is 0.188. The van der Waals surface area contributed by atoms with E-state index in [9.17, 15) is 18.0 Å². The standard InChI is InChI=1S/C22H21ClF3N3O2/c1-21(2,3)14-8-4-6-10-16(14)27-19(30)13-31-20-12-18(22(24,25)26)28-29(20)17-11-7-5-9-15(17)23/h4-12H,13H2,1-3H3,(H,27,30). The third-order valence-corrected chi connectivity index (χ3v) is 4.73. The van der Waals surface area contributed by atoms with Gasteiger partial charge < -0.3 is 10.1 Å². The van der Waals surface area contributed by atoms with Crippen LogP contribution in [0.25, 0.3) is 5.69 Å². The van der Waals surface area contributed by atoms with Gasteiger partial charge in [0.05, 0.1) is 10.7 Å². The average Bonchev–Trinajstić information content (AvgIpc) is 3.11. The zero-order valence-electron chi connectivity index (χ0n) is 17.1. The number of nitrogens with one attached hydrogen (secondary N) is 1. The smallest absolute Gasteiger partial charge is 0.435 e. The van der Waals surface area contributed by atoms with Gasteiger partial charge in [0.15, 0.2) is 12.3 Å². The Balaban J connectivity index is 1.83. The fraction of sp³-hybridized carbons (Fsp3) is 0.273. The lowest BCUT2D eigenvalue weighted by Gasteiger charge is -2.23. The van der Waals surface area contributed by atoms with Crippen molar-refractivity contribution < 1.29 is 22.7 Å². The third-order valence-electron chi connectivity index (χ3n) is 4.41. The van der Waals surface area contributed by atoms with Gasteiger partial charge in [-0.15, -0.1) is 0 Å². The number of benzene rings is 2. The summed E-state index contributed by atoms with van der Waals surface area (Å²) in [6, 6.07) is 14.3. The molecule has 0 spiro atoms. The number of hydrogen-bond donors (Lipinski definition) is 1. The molecule has 1 aromatic heterocycles. The lowest BCUT2D eigenvalue weighted by Crippen LogP contribution is -2.23. The van der Waals surface area contributed by atoms with Gasteiger partial charge in [0.25, 0.3) is 5.91 Å². The monoisotopic (exact) mass is 451 g/mol. The van der Waals surface area contributed by atoms with Crippen molar-refractivity contribution in [3.8, 4) is 11.6 Å². The number of alkyl halides is 3. The molecule has 0 bridgehead atoms. The van der Waals surface area contributed by atoms with Gasteiger partial charge in [-0.1, -0.05) is 62.7 Å². The Morgan fingerprint density at radius 2 is 1.74 bits per heavy atom. The van der Waals surface area contributed by atoms with Gasteiger partial charge in [-0.3, -0.25) is 4.79 Å². The molecule has 1 heterocycles. The van der Waals surface area contributed by atoms with E-state index in [4.69, 9.17) is 16.3 Å². The second-order valence-electron chi connectivity index (χ2n) is 7.86. The number of anilines is 1. The molecule has 0 unspecified atom stereocenters. The van der Waals surface area contributed by atoms with E-state index in [1.165, 1.54) is 12.1 Å². The number of carbonyl (C=O) groups is 1. The molecule has 3 rings (SSSR count). The summed E-state index contributed by atoms with van der Waals surface area (Å²) in [4.78, 5) is 12.5. The summed E-state index contributed by atoms with van der Waals surface area (Å²) < 4.78 is 45.9. The first-order valence-electron chi connectivity index (χ1n) is 9.41. The van der Waals surface area contributed by atoms with Crippen LogP contribution in [-0.4, -0.2) is 22.3 Å². The minimum atomic E-state index is -4.68. The number of para-hydroxylation sites is 2. The van der Waals surface area contributed by atoms with Crippen molar-refractivity contribution in [1.29, 1.82) is 0 Å². The number of hydrogen-bond acceptors (Lipinski definition) is 3. The molecule has 1 N–H and O–H groups in total. The van der Waals surface area contributed by atoms with Gasteiger partial charge >= 0.3 is 6.18 Å². The predicted octanol–water partition coefficient (Wildman–Crippen LogP) is 5.86. The van der Waals surface area contributed by atoms with Gasteiger partial charge in [0, 0.05) is 11.8 Å². The molecule has 5 nitrogen and oxygen atoms in total. The van der Waals surface area contributed by atoms with E-state index < -0.39 is 24.4 Å². The van der Waals surface area contributed by atoms with Crippen LogP contribution in [0.1, 0.15) is 32.0 Å². The fourth-order valence-electron chi connectivity index (χ4n) is 2.97. The molecule has 164 valence electrons. The first-order valence-corrected chi connectivity index (χ1v) is 9.79. The molecule has 0 aliphatic rings. The number of rotatable bonds is 5. The van der Waals surface area contributed by atoms with Crippen LogP contribution in [0, 0.1) is 0 Å². The Labute approximate surface area is 182 Å². The maximum atomic E-state index is 13.2. The van der Waals surface area contributed by atoms with Crippen molar-refractivity contribution >= 4 is 23.2 Å². The van der Waals surface area contributed by atoms with Crippen LogP contribution in [0.2, 0.25) is 5.02 Å². The highest BCUT2D eigenvalue weighted by Gasteiger charge is 2.36. The summed E-state index contributed by atoms with van der Waals surface area (Å²) in [6.07, 6.45) is -4.68. The van der Waals surface area contributed by atoms with Gasteiger partial charge in [0.1, 0.15) is 0 Å². The molecular weight excluding hydrogens is 431 g/mol. The number of nitrogens with zero attached hydrogens (tertiary/aromatic N) is 2. The van der Waals surface area contributed by atoms with E-state index in [1.807, 2.05) is 32.9 Å². The molecule has 0 radical (unpaired) electrons. The van der Waals surface area contributed by atoms with Crippen molar-refractivity contribution in [2.24, 2.45) is 0 Å². The molecule has 31 heavy (non-hydrogen) atoms. The molecule has 9 heteroatoms. The summed E-state index contributed by atoms with van der Waals surface area (Å²) in [7, 11) is 0. The Morgan fingerprint density at radius 3 is 2.39 bits per heavy atom. The maximum absolute atomic E-state index is 13.2. The van der Waals surface area contributed by atoms with Crippen LogP contribution in [0.5, 0.6) is 5.88 Å². The van der Waals surface area contributed by atoms with E-state index in [1.54, 1.807) is 24.3 Å². The molecule has 0 aliphatic heterocycles. The zero-order chi connectivity index (χ0) is 22.8. The molecule has 0 saturated carbocycles. The van der Waals surface area contributed by atoms with Gasteiger partial charge in [-0.05, 0) is 29.2 Å². The second-order valence-corrected chi connectivity index (χ2v) is 8.27. The molecular formula is C22H21ClF3N3O2. The molecule has 0 saturated heterocycles. The van der Waals surface area contributed by atoms with Crippen LogP contribution in [0.3, 0.4) is 0 Å². The van der Waals surface area contributed by atoms with Crippen molar-refractivity contribution in [1.82, 2.24) is 9.78 Å². The maximum Gasteiger partial charge on any atom is 0.435 e. The number of amides is 1. The number of aromatic nitrogens is 2. The van der Waals surface area contributed by atoms with E-state index in [0.29, 0.717) is 5.69 Å². The van der Waals surface area contributed by atoms with Crippen LogP contribution in [0.4, 0.5) is 18.9 Å². The molecule has 2 aromatic carbocycles. The zero-order valence-corrected chi connectivity index (χ0v) is 17.9. The summed E-state index contributed by atoms with van der Waals surface area (Å²) in [5.41, 5.74) is 0.367. The molecule has 0 aliphatic carbocycles. The Kier molecular flexibility index (Phi) is 6.31. The van der Waals surface area contributed by atoms with Gasteiger partial charge in [-0.25, -0.2) is 0 Å². The number of ether oxygens (including phenoxy) is 1. The van der Waals surface area contributed by atoms with Crippen molar-refractivity contribution in [3.63, 3.8) is 0 Å². The van der Waals surface area contributed by atoms with E-state index in [2.05, 4.69) is 10.4 Å². The molecule has 0 fully saturated rings. The van der Waals surface area contributed by atoms with Gasteiger partial charge in [-0.2, -0.15) is 23.0 Å². The SMILES string of the molecule is CC(C)(C)c1ccccc1NC(=O)COc1cc(C(F)(F)F)nn1-c1ccccc1Cl. The average molecular weight is 452 g/mol. The Morgan fingerprint density at radius 1 is 1.10 bits per heavy atom. The number of carbonyl (C=O) groups excluding carboxylic acids is 1. The van der Waals surface area contributed by atoms with Crippen LogP contribution < -0.4 is 10.1 Å². The fourth-order valence-corrected chi connectivity index (χ4v) is 3.19. The van der Waals surface area contributed by atoms with Crippen LogP contribution in [-0.2, 0) is 16.4 Å². The Hall–Kier alpha value is -3.00. The van der Waals surface area contributed by atoms with Crippen molar-refractivity contribution in [2.75, 3.05) is 11.9 Å². The summed E-state index contributed by atoms with van der Waals surface area (Å²) in [6.45, 7) is 5.52. The van der Waals surface area contributed by atoms with Crippen molar-refractivity contribution in [3.05, 3.63) is 70.9 Å². The first kappa shape index (κ1) is 22.7. The predicted molar refractivity (Wildman–Crippen MR) is 113 cm³/mol. The Bertz CT molecular complexity index is 1090. The van der Waals surface area contributed by atoms with Crippen LogP contribution in [0.15, 0.2) is 54.6 Å². The summed E-state index contributed by atoms with van der Waals surface area (Å²) in [5.74, 6) is -0.767. The summed E-state index contributed by atoms with van der Waals surface area (Å²) >= 11 is 6.11. The molecule has 0 atom stereocenters. The van der Waals surface area contributed by atoms with Crippen molar-refractivity contribution in [2.45, 2.75) is 32.4 Å². The molecule has 1 amide bonds. The minimum Gasteiger partial charge on any atom is -0.467 e. The number of halogens is 4. The van der Waals surface area contributed by atoms with E-state index >= 15 is 0 Å². The van der Waals surface area contributed by atoms with E-state index in [-0.39, 0.29) is 22.0 Å². The first-order chi connectivity index (χ1) is 14.5. The third kappa shape index (κ3) is 5.38. The normalized spacial score (nSPS) is 12.0. The highest BCUT2D eigenvalue weighted by Crippen LogP contribution is 2.34. The molecule has 3 aromatic rings. The lowest BCUT2D eigenvalue weighted by molar-refractivity contribution is -0.141. The second kappa shape index (κ2) is 8.63. The highest BCUT2D eigenvalue weighted by molar-refractivity contribution is 6.32. The topological polar surface area (TPSA) is 56.1 Å². The highest BCUT2D eigenvalue weighted by atomic mass is 35.5. The quantitative estimate of drug-likeness (QED) is 0.528. The largest absolute Gasteiger partial charge is 0.467 e. The lowest BCUT2D eigenvalue weighted by atomic mass is 9.86.